The molecule has 2 aromatic carbocycles. The van der Waals surface area contributed by atoms with Gasteiger partial charge in [-0.25, -0.2) is 4.79 Å². The van der Waals surface area contributed by atoms with Crippen LogP contribution in [-0.2, 0) is 13.7 Å². The van der Waals surface area contributed by atoms with Gasteiger partial charge in [0, 0.05) is 42.1 Å². The molecule has 38 heavy (non-hydrogen) atoms. The molecule has 5 aromatic rings. The van der Waals surface area contributed by atoms with Crippen molar-refractivity contribution in [1.82, 2.24) is 14.7 Å². The molecule has 7 nitrogen and oxygen atoms in total. The Morgan fingerprint density at radius 1 is 1.16 bits per heavy atom. The van der Waals surface area contributed by atoms with Gasteiger partial charge in [-0.15, -0.1) is 11.6 Å². The fraction of sp³-hybridized carbons (Fsp3) is 0.179. The fourth-order valence-electron chi connectivity index (χ4n) is 4.54. The number of rotatable bonds is 7. The highest BCUT2D eigenvalue weighted by Crippen LogP contribution is 2.39. The van der Waals surface area contributed by atoms with Gasteiger partial charge in [-0.05, 0) is 48.7 Å². The van der Waals surface area contributed by atoms with Crippen LogP contribution >= 0.6 is 34.8 Å². The number of pyridine rings is 1. The molecule has 0 saturated heterocycles. The van der Waals surface area contributed by atoms with Crippen LogP contribution in [0.2, 0.25) is 10.0 Å². The van der Waals surface area contributed by atoms with Crippen molar-refractivity contribution in [3.8, 4) is 28.1 Å². The Morgan fingerprint density at radius 2 is 1.89 bits per heavy atom. The Kier molecular flexibility index (Phi) is 7.09. The van der Waals surface area contributed by atoms with E-state index in [0.717, 1.165) is 22.2 Å². The second kappa shape index (κ2) is 10.3. The van der Waals surface area contributed by atoms with Gasteiger partial charge < -0.3 is 18.9 Å². The van der Waals surface area contributed by atoms with E-state index in [9.17, 15) is 9.90 Å². The Hall–Kier alpha value is -3.52. The van der Waals surface area contributed by atoms with Crippen LogP contribution in [0.3, 0.4) is 0 Å². The molecule has 0 amide bonds. The topological polar surface area (TPSA) is 90.4 Å². The van der Waals surface area contributed by atoms with E-state index in [2.05, 4.69) is 10.1 Å². The van der Waals surface area contributed by atoms with Gasteiger partial charge in [0.25, 0.3) is 0 Å². The molecule has 0 aliphatic carbocycles. The zero-order valence-corrected chi connectivity index (χ0v) is 22.9. The van der Waals surface area contributed by atoms with Gasteiger partial charge in [0.2, 0.25) is 0 Å². The SMILES string of the molecule is Cc1cc(OCc2c(-c3c(Cl)cncc3Cl)noc2C(C)Cl)ccc1-c1ccc2c(C(=O)O)cn(C)c2c1. The summed E-state index contributed by atoms with van der Waals surface area (Å²) < 4.78 is 13.5. The van der Waals surface area contributed by atoms with Crippen molar-refractivity contribution >= 4 is 51.7 Å². The first-order valence-electron chi connectivity index (χ1n) is 11.6. The molecule has 0 fully saturated rings. The lowest BCUT2D eigenvalue weighted by molar-refractivity contribution is 0.0699. The van der Waals surface area contributed by atoms with Crippen molar-refractivity contribution < 1.29 is 19.2 Å². The standard InChI is InChI=1S/C28H22Cl3N3O4/c1-14-8-17(5-7-18(14)16-4-6-19-20(28(35)36)12-34(3)24(19)9-16)37-13-21-26(33-38-27(21)15(2)29)25-22(30)10-32-11-23(25)31/h4-12,15H,13H2,1-3H3,(H,35,36). The first kappa shape index (κ1) is 26.1. The maximum absolute atomic E-state index is 11.6. The van der Waals surface area contributed by atoms with Crippen LogP contribution in [0.4, 0.5) is 0 Å². The van der Waals surface area contributed by atoms with E-state index in [-0.39, 0.29) is 12.2 Å². The molecule has 0 aliphatic heterocycles. The van der Waals surface area contributed by atoms with Gasteiger partial charge in [0.15, 0.2) is 5.76 Å². The smallest absolute Gasteiger partial charge is 0.337 e. The van der Waals surface area contributed by atoms with Gasteiger partial charge in [-0.2, -0.15) is 0 Å². The van der Waals surface area contributed by atoms with E-state index < -0.39 is 11.3 Å². The van der Waals surface area contributed by atoms with Crippen LogP contribution in [0.25, 0.3) is 33.3 Å². The number of aromatic nitrogens is 3. The van der Waals surface area contributed by atoms with Crippen LogP contribution in [0.15, 0.2) is 59.5 Å². The first-order valence-corrected chi connectivity index (χ1v) is 12.8. The molecule has 5 rings (SSSR count). The summed E-state index contributed by atoms with van der Waals surface area (Å²) in [6.07, 6.45) is 4.61. The number of hydrogen-bond donors (Lipinski definition) is 1. The van der Waals surface area contributed by atoms with Gasteiger partial charge in [-0.1, -0.05) is 46.6 Å². The number of nitrogens with zero attached hydrogens (tertiary/aromatic N) is 3. The third kappa shape index (κ3) is 4.73. The monoisotopic (exact) mass is 569 g/mol. The van der Waals surface area contributed by atoms with Gasteiger partial charge >= 0.3 is 5.97 Å². The summed E-state index contributed by atoms with van der Waals surface area (Å²) in [5.41, 5.74) is 5.70. The van der Waals surface area contributed by atoms with Crippen LogP contribution in [-0.4, -0.2) is 25.8 Å². The Balaban J connectivity index is 1.44. The zero-order chi connectivity index (χ0) is 27.1. The van der Waals surface area contributed by atoms with E-state index in [4.69, 9.17) is 44.1 Å². The van der Waals surface area contributed by atoms with Gasteiger partial charge in [0.1, 0.15) is 18.1 Å². The fourth-order valence-corrected chi connectivity index (χ4v) is 5.25. The van der Waals surface area contributed by atoms with E-state index in [0.29, 0.717) is 43.8 Å². The molecule has 0 aliphatic rings. The summed E-state index contributed by atoms with van der Waals surface area (Å²) in [6, 6.07) is 11.6. The Labute approximate surface area is 233 Å². The number of hydrogen-bond acceptors (Lipinski definition) is 5. The average molecular weight is 571 g/mol. The predicted octanol–water partition coefficient (Wildman–Crippen LogP) is 8.09. The summed E-state index contributed by atoms with van der Waals surface area (Å²) in [6.45, 7) is 3.91. The number of carboxylic acids is 1. The lowest BCUT2D eigenvalue weighted by Gasteiger charge is -2.13. The number of alkyl halides is 1. The van der Waals surface area contributed by atoms with Crippen molar-refractivity contribution in [1.29, 1.82) is 0 Å². The third-order valence-electron chi connectivity index (χ3n) is 6.38. The van der Waals surface area contributed by atoms with E-state index in [1.54, 1.807) is 13.1 Å². The number of benzene rings is 2. The maximum Gasteiger partial charge on any atom is 0.337 e. The molecule has 3 heterocycles. The lowest BCUT2D eigenvalue weighted by Crippen LogP contribution is -2.01. The molecule has 1 unspecified atom stereocenters. The lowest BCUT2D eigenvalue weighted by atomic mass is 9.99. The zero-order valence-electron chi connectivity index (χ0n) is 20.6. The number of halogens is 3. The van der Waals surface area contributed by atoms with E-state index in [1.807, 2.05) is 54.9 Å². The highest BCUT2D eigenvalue weighted by Gasteiger charge is 2.25. The largest absolute Gasteiger partial charge is 0.489 e. The minimum Gasteiger partial charge on any atom is -0.489 e. The summed E-state index contributed by atoms with van der Waals surface area (Å²) in [4.78, 5) is 15.6. The van der Waals surface area contributed by atoms with E-state index >= 15 is 0 Å². The minimum absolute atomic E-state index is 0.131. The van der Waals surface area contributed by atoms with Crippen molar-refractivity contribution in [2.45, 2.75) is 25.8 Å². The Morgan fingerprint density at radius 3 is 2.55 bits per heavy atom. The first-order chi connectivity index (χ1) is 18.2. The minimum atomic E-state index is -0.947. The van der Waals surface area contributed by atoms with Crippen LogP contribution < -0.4 is 4.74 Å². The van der Waals surface area contributed by atoms with Crippen molar-refractivity contribution in [3.05, 3.63) is 87.5 Å². The molecule has 10 heteroatoms. The quantitative estimate of drug-likeness (QED) is 0.199. The van der Waals surface area contributed by atoms with Crippen molar-refractivity contribution in [2.24, 2.45) is 7.05 Å². The number of aryl methyl sites for hydroxylation is 2. The highest BCUT2D eigenvalue weighted by atomic mass is 35.5. The third-order valence-corrected chi connectivity index (χ3v) is 7.15. The maximum atomic E-state index is 11.6. The molecule has 1 atom stereocenters. The van der Waals surface area contributed by atoms with Crippen molar-refractivity contribution in [3.63, 3.8) is 0 Å². The summed E-state index contributed by atoms with van der Waals surface area (Å²) in [5.74, 6) is 0.166. The van der Waals surface area contributed by atoms with Crippen LogP contribution in [0.5, 0.6) is 5.75 Å². The molecular formula is C28H22Cl3N3O4. The predicted molar refractivity (Wildman–Crippen MR) is 148 cm³/mol. The van der Waals surface area contributed by atoms with E-state index in [1.165, 1.54) is 12.4 Å². The molecule has 1 N–H and O–H groups in total. The van der Waals surface area contributed by atoms with Crippen molar-refractivity contribution in [2.75, 3.05) is 0 Å². The summed E-state index contributed by atoms with van der Waals surface area (Å²) >= 11 is 19.1. The number of carbonyl (C=O) groups is 1. The summed E-state index contributed by atoms with van der Waals surface area (Å²) in [5, 5.41) is 14.6. The number of carboxylic acid groups (broad SMARTS) is 1. The molecule has 0 saturated carbocycles. The average Bonchev–Trinajstić information content (AvgIpc) is 3.44. The molecule has 0 bridgehead atoms. The number of fused-ring (bicyclic) bond motifs is 1. The highest BCUT2D eigenvalue weighted by molar-refractivity contribution is 6.38. The second-order valence-electron chi connectivity index (χ2n) is 8.92. The Bertz CT molecular complexity index is 1670. The van der Waals surface area contributed by atoms with Gasteiger partial charge in [-0.3, -0.25) is 4.98 Å². The number of aromatic carboxylic acids is 1. The molecular weight excluding hydrogens is 549 g/mol. The molecule has 3 aromatic heterocycles. The molecule has 0 spiro atoms. The van der Waals surface area contributed by atoms with Crippen LogP contribution in [0, 0.1) is 6.92 Å². The number of ether oxygens (including phenoxy) is 1. The van der Waals surface area contributed by atoms with Crippen LogP contribution in [0.1, 0.15) is 39.5 Å². The molecule has 0 radical (unpaired) electrons. The molecule has 194 valence electrons. The van der Waals surface area contributed by atoms with Gasteiger partial charge in [0.05, 0.1) is 26.5 Å². The normalized spacial score (nSPS) is 12.2. The summed E-state index contributed by atoms with van der Waals surface area (Å²) in [7, 11) is 1.84. The second-order valence-corrected chi connectivity index (χ2v) is 10.4.